The first kappa shape index (κ1) is 13.1. The number of halogens is 2. The number of benzene rings is 1. The zero-order valence-corrected chi connectivity index (χ0v) is 11.9. The topological polar surface area (TPSA) is 42.8 Å². The molecule has 0 aliphatic carbocycles. The third-order valence-corrected chi connectivity index (χ3v) is 3.46. The van der Waals surface area contributed by atoms with Crippen molar-refractivity contribution in [2.45, 2.75) is 0 Å². The lowest BCUT2D eigenvalue weighted by molar-refractivity contribution is 0.399. The highest BCUT2D eigenvalue weighted by Gasteiger charge is 2.14. The van der Waals surface area contributed by atoms with E-state index < -0.39 is 5.82 Å². The molecule has 0 aliphatic heterocycles. The zero-order valence-electron chi connectivity index (χ0n) is 10.4. The number of imidazole rings is 1. The highest BCUT2D eigenvalue weighted by molar-refractivity contribution is 7.71. The zero-order chi connectivity index (χ0) is 14.3. The summed E-state index contributed by atoms with van der Waals surface area (Å²) in [6.07, 6.45) is 0. The van der Waals surface area contributed by atoms with Crippen molar-refractivity contribution in [1.82, 2.24) is 14.5 Å². The Hall–Kier alpha value is -1.92. The van der Waals surface area contributed by atoms with Gasteiger partial charge in [-0.25, -0.2) is 4.39 Å². The van der Waals surface area contributed by atoms with E-state index in [0.717, 1.165) is 0 Å². The van der Waals surface area contributed by atoms with E-state index in [2.05, 4.69) is 9.97 Å². The molecule has 3 rings (SSSR count). The summed E-state index contributed by atoms with van der Waals surface area (Å²) < 4.78 is 21.1. The van der Waals surface area contributed by atoms with Gasteiger partial charge in [-0.15, -0.1) is 0 Å². The number of aromatic nitrogens is 3. The molecule has 7 heteroatoms. The van der Waals surface area contributed by atoms with Crippen LogP contribution < -0.4 is 4.74 Å². The molecule has 0 bridgehead atoms. The molecule has 1 aromatic carbocycles. The maximum absolute atomic E-state index is 14.2. The van der Waals surface area contributed by atoms with Gasteiger partial charge in [0.2, 0.25) is 5.88 Å². The summed E-state index contributed by atoms with van der Waals surface area (Å²) in [5.74, 6) is -0.126. The summed E-state index contributed by atoms with van der Waals surface area (Å²) in [4.78, 5) is 7.27. The Kier molecular flexibility index (Phi) is 3.19. The van der Waals surface area contributed by atoms with E-state index in [1.807, 2.05) is 0 Å². The molecule has 0 aliphatic rings. The van der Waals surface area contributed by atoms with E-state index in [4.69, 9.17) is 28.6 Å². The van der Waals surface area contributed by atoms with Crippen LogP contribution in [0.1, 0.15) is 0 Å². The smallest absolute Gasteiger partial charge is 0.215 e. The van der Waals surface area contributed by atoms with E-state index >= 15 is 0 Å². The van der Waals surface area contributed by atoms with Gasteiger partial charge in [-0.05, 0) is 30.4 Å². The summed E-state index contributed by atoms with van der Waals surface area (Å²) in [5.41, 5.74) is 1.42. The SMILES string of the molecule is COc1ccc2[nH]c(=S)n(-c3cccc(Cl)c3F)c2n1. The minimum Gasteiger partial charge on any atom is -0.481 e. The van der Waals surface area contributed by atoms with Crippen LogP contribution in [-0.2, 0) is 0 Å². The Bertz CT molecular complexity index is 858. The number of fused-ring (bicyclic) bond motifs is 1. The van der Waals surface area contributed by atoms with Gasteiger partial charge in [0.25, 0.3) is 0 Å². The van der Waals surface area contributed by atoms with Crippen molar-refractivity contribution >= 4 is 35.0 Å². The monoisotopic (exact) mass is 309 g/mol. The molecule has 2 heterocycles. The van der Waals surface area contributed by atoms with Gasteiger partial charge in [-0.2, -0.15) is 4.98 Å². The molecule has 20 heavy (non-hydrogen) atoms. The highest BCUT2D eigenvalue weighted by Crippen LogP contribution is 2.25. The standard InChI is InChI=1S/C13H9ClFN3OS/c1-19-10-6-5-8-12(17-10)18(13(20)16-8)9-4-2-3-7(14)11(9)15/h2-6H,1H3,(H,16,20). The Morgan fingerprint density at radius 2 is 2.15 bits per heavy atom. The number of nitrogens with zero attached hydrogens (tertiary/aromatic N) is 2. The summed E-state index contributed by atoms with van der Waals surface area (Å²) in [5, 5.41) is 0.0293. The van der Waals surface area contributed by atoms with E-state index in [-0.39, 0.29) is 10.7 Å². The molecule has 0 amide bonds. The summed E-state index contributed by atoms with van der Waals surface area (Å²) in [7, 11) is 1.51. The third-order valence-electron chi connectivity index (χ3n) is 2.89. The van der Waals surface area contributed by atoms with Crippen molar-refractivity contribution in [3.05, 3.63) is 45.9 Å². The summed E-state index contributed by atoms with van der Waals surface area (Å²) in [6.45, 7) is 0. The predicted octanol–water partition coefficient (Wildman–Crippen LogP) is 3.88. The number of H-pyrrole nitrogens is 1. The number of hydrogen-bond acceptors (Lipinski definition) is 3. The van der Waals surface area contributed by atoms with Crippen LogP contribution in [0.5, 0.6) is 5.88 Å². The van der Waals surface area contributed by atoms with Gasteiger partial charge in [0, 0.05) is 6.07 Å². The molecule has 1 N–H and O–H groups in total. The minimum atomic E-state index is -0.546. The second-order valence-electron chi connectivity index (χ2n) is 4.06. The second kappa shape index (κ2) is 4.88. The van der Waals surface area contributed by atoms with Crippen LogP contribution in [0.15, 0.2) is 30.3 Å². The van der Waals surface area contributed by atoms with Gasteiger partial charge in [-0.1, -0.05) is 17.7 Å². The largest absolute Gasteiger partial charge is 0.481 e. The fourth-order valence-corrected chi connectivity index (χ4v) is 2.43. The molecule has 0 unspecified atom stereocenters. The minimum absolute atomic E-state index is 0.0293. The first-order valence-corrected chi connectivity index (χ1v) is 6.50. The third kappa shape index (κ3) is 1.97. The molecule has 0 atom stereocenters. The molecular weight excluding hydrogens is 301 g/mol. The highest BCUT2D eigenvalue weighted by atomic mass is 35.5. The van der Waals surface area contributed by atoms with Crippen LogP contribution in [0.4, 0.5) is 4.39 Å². The summed E-state index contributed by atoms with van der Waals surface area (Å²) in [6, 6.07) is 8.20. The lowest BCUT2D eigenvalue weighted by Crippen LogP contribution is -2.00. The first-order chi connectivity index (χ1) is 9.61. The molecule has 2 aromatic heterocycles. The average molecular weight is 310 g/mol. The van der Waals surface area contributed by atoms with Crippen LogP contribution in [0.2, 0.25) is 5.02 Å². The molecule has 102 valence electrons. The van der Waals surface area contributed by atoms with Crippen LogP contribution >= 0.6 is 23.8 Å². The molecule has 3 aromatic rings. The quantitative estimate of drug-likeness (QED) is 0.730. The van der Waals surface area contributed by atoms with E-state index in [1.165, 1.54) is 17.7 Å². The molecule has 0 spiro atoms. The number of hydrogen-bond donors (Lipinski definition) is 1. The Morgan fingerprint density at radius 1 is 1.35 bits per heavy atom. The Labute approximate surface area is 123 Å². The normalized spacial score (nSPS) is 10.9. The second-order valence-corrected chi connectivity index (χ2v) is 4.86. The molecule has 0 radical (unpaired) electrons. The number of rotatable bonds is 2. The Morgan fingerprint density at radius 3 is 2.90 bits per heavy atom. The van der Waals surface area contributed by atoms with Crippen LogP contribution in [-0.4, -0.2) is 21.6 Å². The van der Waals surface area contributed by atoms with Crippen molar-refractivity contribution in [2.24, 2.45) is 0 Å². The Balaban J connectivity index is 2.38. The van der Waals surface area contributed by atoms with Crippen molar-refractivity contribution < 1.29 is 9.13 Å². The number of ether oxygens (including phenoxy) is 1. The van der Waals surface area contributed by atoms with Crippen molar-refractivity contribution in [3.63, 3.8) is 0 Å². The predicted molar refractivity (Wildman–Crippen MR) is 77.8 cm³/mol. The molecule has 0 fully saturated rings. The maximum Gasteiger partial charge on any atom is 0.215 e. The summed E-state index contributed by atoms with van der Waals surface area (Å²) >= 11 is 11.0. The molecule has 0 saturated carbocycles. The maximum atomic E-state index is 14.2. The van der Waals surface area contributed by atoms with Gasteiger partial charge in [0.1, 0.15) is 0 Å². The van der Waals surface area contributed by atoms with Gasteiger partial charge in [-0.3, -0.25) is 4.57 Å². The lowest BCUT2D eigenvalue weighted by atomic mass is 10.3. The van der Waals surface area contributed by atoms with Crippen LogP contribution in [0, 0.1) is 10.6 Å². The number of methoxy groups -OCH3 is 1. The van der Waals surface area contributed by atoms with Crippen molar-refractivity contribution in [2.75, 3.05) is 7.11 Å². The van der Waals surface area contributed by atoms with Gasteiger partial charge < -0.3 is 9.72 Å². The van der Waals surface area contributed by atoms with Crippen molar-refractivity contribution in [3.8, 4) is 11.6 Å². The lowest BCUT2D eigenvalue weighted by Gasteiger charge is -2.07. The van der Waals surface area contributed by atoms with Crippen LogP contribution in [0.25, 0.3) is 16.9 Å². The fraction of sp³-hybridized carbons (Fsp3) is 0.0769. The number of pyridine rings is 1. The van der Waals surface area contributed by atoms with Crippen molar-refractivity contribution in [1.29, 1.82) is 0 Å². The van der Waals surface area contributed by atoms with Gasteiger partial charge in [0.15, 0.2) is 16.2 Å². The van der Waals surface area contributed by atoms with E-state index in [9.17, 15) is 4.39 Å². The molecular formula is C13H9ClFN3OS. The first-order valence-electron chi connectivity index (χ1n) is 5.72. The van der Waals surface area contributed by atoms with Gasteiger partial charge >= 0.3 is 0 Å². The molecule has 0 saturated heterocycles. The van der Waals surface area contributed by atoms with Gasteiger partial charge in [0.05, 0.1) is 23.3 Å². The molecule has 4 nitrogen and oxygen atoms in total. The average Bonchev–Trinajstić information content (AvgIpc) is 2.77. The number of nitrogens with one attached hydrogen (secondary N) is 1. The fourth-order valence-electron chi connectivity index (χ4n) is 1.97. The van der Waals surface area contributed by atoms with E-state index in [0.29, 0.717) is 21.8 Å². The number of aromatic amines is 1. The van der Waals surface area contributed by atoms with E-state index in [1.54, 1.807) is 24.3 Å². The van der Waals surface area contributed by atoms with Crippen LogP contribution in [0.3, 0.4) is 0 Å².